The third-order valence-corrected chi connectivity index (χ3v) is 4.89. The lowest BCUT2D eigenvalue weighted by molar-refractivity contribution is 0.0940. The maximum Gasteiger partial charge on any atom is 0.252 e. The molecule has 0 saturated carbocycles. The number of rotatable bonds is 6. The van der Waals surface area contributed by atoms with Crippen LogP contribution in [0, 0.1) is 11.6 Å². The van der Waals surface area contributed by atoms with Gasteiger partial charge in [-0.25, -0.2) is 8.78 Å². The van der Waals surface area contributed by atoms with Crippen molar-refractivity contribution in [2.45, 2.75) is 10.9 Å². The average molecular weight is 385 g/mol. The predicted molar refractivity (Wildman–Crippen MR) is 98.4 cm³/mol. The lowest BCUT2D eigenvalue weighted by atomic mass is 10.0. The highest BCUT2D eigenvalue weighted by Crippen LogP contribution is 2.25. The largest absolute Gasteiger partial charge is 0.350 e. The van der Waals surface area contributed by atoms with E-state index in [9.17, 15) is 13.6 Å². The molecule has 0 spiro atoms. The highest BCUT2D eigenvalue weighted by atomic mass is 35.5. The van der Waals surface area contributed by atoms with Gasteiger partial charge in [0.1, 0.15) is 11.6 Å². The molecule has 1 N–H and O–H groups in total. The zero-order valence-corrected chi connectivity index (χ0v) is 15.7. The summed E-state index contributed by atoms with van der Waals surface area (Å²) in [6.45, 7) is 0.0451. The number of hydrogen-bond acceptors (Lipinski definition) is 3. The Morgan fingerprint density at radius 1 is 1.24 bits per heavy atom. The van der Waals surface area contributed by atoms with E-state index in [2.05, 4.69) is 5.32 Å². The minimum absolute atomic E-state index is 0.0451. The van der Waals surface area contributed by atoms with Gasteiger partial charge >= 0.3 is 0 Å². The number of amides is 1. The Labute approximate surface area is 155 Å². The third-order valence-electron chi connectivity index (χ3n) is 3.83. The number of carbonyl (C=O) groups is 1. The number of thioether (sulfide) groups is 1. The first-order valence-corrected chi connectivity index (χ1v) is 9.17. The maximum atomic E-state index is 14.1. The molecular weight excluding hydrogens is 366 g/mol. The Morgan fingerprint density at radius 3 is 2.44 bits per heavy atom. The summed E-state index contributed by atoms with van der Waals surface area (Å²) in [7, 11) is 3.40. The Bertz CT molecular complexity index is 750. The fraction of sp³-hybridized carbons (Fsp3) is 0.278. The first-order chi connectivity index (χ1) is 11.8. The van der Waals surface area contributed by atoms with Crippen LogP contribution in [0.5, 0.6) is 0 Å². The van der Waals surface area contributed by atoms with Crippen molar-refractivity contribution in [3.05, 3.63) is 64.2 Å². The molecule has 0 radical (unpaired) electrons. The van der Waals surface area contributed by atoms with Crippen molar-refractivity contribution in [2.24, 2.45) is 0 Å². The molecule has 1 unspecified atom stereocenters. The smallest absolute Gasteiger partial charge is 0.252 e. The number of nitrogens with one attached hydrogen (secondary N) is 1. The summed E-state index contributed by atoms with van der Waals surface area (Å²) in [5.74, 6) is -1.67. The Morgan fingerprint density at radius 2 is 1.88 bits per heavy atom. The van der Waals surface area contributed by atoms with Crippen LogP contribution >= 0.6 is 23.4 Å². The molecule has 0 aliphatic heterocycles. The van der Waals surface area contributed by atoms with Crippen LogP contribution in [0.15, 0.2) is 41.3 Å². The maximum absolute atomic E-state index is 14.1. The Balaban J connectivity index is 2.21. The molecule has 134 valence electrons. The van der Waals surface area contributed by atoms with Crippen LogP contribution in [-0.4, -0.2) is 37.7 Å². The summed E-state index contributed by atoms with van der Waals surface area (Å²) in [6.07, 6.45) is 1.90. The third kappa shape index (κ3) is 4.71. The van der Waals surface area contributed by atoms with Crippen molar-refractivity contribution >= 4 is 29.3 Å². The van der Waals surface area contributed by atoms with Gasteiger partial charge in [0.05, 0.1) is 16.6 Å². The molecule has 0 saturated heterocycles. The van der Waals surface area contributed by atoms with Crippen molar-refractivity contribution in [1.82, 2.24) is 10.2 Å². The molecule has 0 aromatic heterocycles. The minimum Gasteiger partial charge on any atom is -0.350 e. The molecule has 1 atom stereocenters. The minimum atomic E-state index is -0.646. The predicted octanol–water partition coefficient (Wildman–Crippen LogP) is 4.37. The van der Waals surface area contributed by atoms with E-state index in [1.165, 1.54) is 30.0 Å². The zero-order chi connectivity index (χ0) is 18.6. The highest BCUT2D eigenvalue weighted by Gasteiger charge is 2.23. The van der Waals surface area contributed by atoms with Crippen LogP contribution in [0.3, 0.4) is 0 Å². The molecule has 2 aromatic rings. The average Bonchev–Trinajstić information content (AvgIpc) is 2.57. The highest BCUT2D eigenvalue weighted by molar-refractivity contribution is 7.98. The monoisotopic (exact) mass is 384 g/mol. The molecule has 0 aliphatic rings. The molecular formula is C18H19ClF2N2OS. The Hall–Kier alpha value is -1.63. The van der Waals surface area contributed by atoms with E-state index in [0.717, 1.165) is 4.90 Å². The fourth-order valence-corrected chi connectivity index (χ4v) is 3.11. The number of carbonyl (C=O) groups excluding carboxylic acids is 1. The van der Waals surface area contributed by atoms with E-state index in [4.69, 9.17) is 11.6 Å². The number of hydrogen-bond donors (Lipinski definition) is 1. The number of likely N-dealkylation sites (N-methyl/N-ethyl adjacent to an activating group) is 1. The number of halogens is 3. The van der Waals surface area contributed by atoms with Crippen LogP contribution in [0.1, 0.15) is 22.0 Å². The first-order valence-electron chi connectivity index (χ1n) is 7.57. The van der Waals surface area contributed by atoms with Crippen molar-refractivity contribution < 1.29 is 13.6 Å². The second-order valence-electron chi connectivity index (χ2n) is 5.67. The molecule has 1 amide bonds. The van der Waals surface area contributed by atoms with Gasteiger partial charge in [0, 0.05) is 17.0 Å². The molecule has 0 bridgehead atoms. The quantitative estimate of drug-likeness (QED) is 0.750. The molecule has 3 nitrogen and oxygen atoms in total. The summed E-state index contributed by atoms with van der Waals surface area (Å²) >= 11 is 7.59. The molecule has 25 heavy (non-hydrogen) atoms. The topological polar surface area (TPSA) is 32.3 Å². The van der Waals surface area contributed by atoms with E-state index in [1.807, 2.05) is 12.3 Å². The Kier molecular flexibility index (Phi) is 6.81. The SMILES string of the molecule is CSc1ccc(Cl)c(C(=O)NCC(c2c(F)cccc2F)N(C)C)c1. The summed E-state index contributed by atoms with van der Waals surface area (Å²) < 4.78 is 28.1. The lowest BCUT2D eigenvalue weighted by Crippen LogP contribution is -2.35. The molecule has 0 aliphatic carbocycles. The van der Waals surface area contributed by atoms with E-state index in [0.29, 0.717) is 10.6 Å². The van der Waals surface area contributed by atoms with E-state index < -0.39 is 17.7 Å². The van der Waals surface area contributed by atoms with E-state index in [1.54, 1.807) is 31.1 Å². The van der Waals surface area contributed by atoms with Gasteiger partial charge in [0.2, 0.25) is 0 Å². The van der Waals surface area contributed by atoms with Crippen molar-refractivity contribution in [1.29, 1.82) is 0 Å². The van der Waals surface area contributed by atoms with Gasteiger partial charge < -0.3 is 10.2 Å². The van der Waals surface area contributed by atoms with Crippen LogP contribution in [0.4, 0.5) is 8.78 Å². The van der Waals surface area contributed by atoms with Crippen molar-refractivity contribution in [3.8, 4) is 0 Å². The molecule has 7 heteroatoms. The van der Waals surface area contributed by atoms with Gasteiger partial charge in [-0.3, -0.25) is 4.79 Å². The van der Waals surface area contributed by atoms with Gasteiger partial charge in [-0.15, -0.1) is 11.8 Å². The first kappa shape index (κ1) is 19.7. The van der Waals surface area contributed by atoms with Gasteiger partial charge in [-0.2, -0.15) is 0 Å². The molecule has 2 rings (SSSR count). The summed E-state index contributed by atoms with van der Waals surface area (Å²) in [5, 5.41) is 3.05. The summed E-state index contributed by atoms with van der Waals surface area (Å²) in [6, 6.07) is 8.24. The van der Waals surface area contributed by atoms with Crippen LogP contribution in [0.2, 0.25) is 5.02 Å². The van der Waals surface area contributed by atoms with Crippen molar-refractivity contribution in [2.75, 3.05) is 26.9 Å². The standard InChI is InChI=1S/C18H19ClF2N2OS/c1-23(2)16(17-14(20)5-4-6-15(17)21)10-22-18(24)12-9-11(25-3)7-8-13(12)19/h4-9,16H,10H2,1-3H3,(H,22,24). The zero-order valence-electron chi connectivity index (χ0n) is 14.1. The molecule has 0 heterocycles. The van der Waals surface area contributed by atoms with Crippen LogP contribution < -0.4 is 5.32 Å². The lowest BCUT2D eigenvalue weighted by Gasteiger charge is -2.26. The second kappa shape index (κ2) is 8.65. The number of benzene rings is 2. The second-order valence-corrected chi connectivity index (χ2v) is 6.96. The van der Waals surface area contributed by atoms with Gasteiger partial charge in [0.25, 0.3) is 5.91 Å². The van der Waals surface area contributed by atoms with Gasteiger partial charge in [-0.05, 0) is 50.7 Å². The van der Waals surface area contributed by atoms with Gasteiger partial charge in [-0.1, -0.05) is 17.7 Å². The van der Waals surface area contributed by atoms with Crippen molar-refractivity contribution in [3.63, 3.8) is 0 Å². The van der Waals surface area contributed by atoms with E-state index in [-0.39, 0.29) is 18.0 Å². The summed E-state index contributed by atoms with van der Waals surface area (Å²) in [5.41, 5.74) is 0.261. The fourth-order valence-electron chi connectivity index (χ4n) is 2.46. The van der Waals surface area contributed by atoms with Crippen LogP contribution in [-0.2, 0) is 0 Å². The molecule has 2 aromatic carbocycles. The van der Waals surface area contributed by atoms with E-state index >= 15 is 0 Å². The normalized spacial score (nSPS) is 12.3. The summed E-state index contributed by atoms with van der Waals surface area (Å²) in [4.78, 5) is 15.0. The van der Waals surface area contributed by atoms with Gasteiger partial charge in [0.15, 0.2) is 0 Å². The molecule has 0 fully saturated rings. The number of nitrogens with zero attached hydrogens (tertiary/aromatic N) is 1. The van der Waals surface area contributed by atoms with Crippen LogP contribution in [0.25, 0.3) is 0 Å².